The van der Waals surface area contributed by atoms with Crippen molar-refractivity contribution in [2.24, 2.45) is 0 Å². The Morgan fingerprint density at radius 1 is 1.71 bits per heavy atom. The SMILES string of the molecule is [GeH3][c]1sccc1I. The first-order valence-corrected chi connectivity index (χ1v) is 6.06. The zero-order chi connectivity index (χ0) is 5.28. The molecule has 1 aromatic rings. The third-order valence-electron chi connectivity index (χ3n) is 0.796. The average Bonchev–Trinajstić information content (AvgIpc) is 1.91. The predicted molar refractivity (Wildman–Crippen MR) is 46.6 cm³/mol. The molecule has 1 rings (SSSR count). The summed E-state index contributed by atoms with van der Waals surface area (Å²) in [5.41, 5.74) is 0. The van der Waals surface area contributed by atoms with Crippen molar-refractivity contribution >= 4 is 54.2 Å². The molecule has 0 atom stereocenters. The zero-order valence-electron chi connectivity index (χ0n) is 3.94. The first-order valence-electron chi connectivity index (χ1n) is 2.00. The molecule has 7 heavy (non-hydrogen) atoms. The second kappa shape index (κ2) is 2.50. The molecule has 0 unspecified atom stereocenters. The number of rotatable bonds is 0. The van der Waals surface area contributed by atoms with Crippen molar-refractivity contribution in [3.8, 4) is 0 Å². The van der Waals surface area contributed by atoms with E-state index in [1.807, 2.05) is 11.3 Å². The van der Waals surface area contributed by atoms with Crippen LogP contribution in [-0.4, -0.2) is 16.5 Å². The van der Waals surface area contributed by atoms with E-state index in [0.717, 1.165) is 16.5 Å². The van der Waals surface area contributed by atoms with E-state index in [9.17, 15) is 0 Å². The van der Waals surface area contributed by atoms with Crippen molar-refractivity contribution in [2.75, 3.05) is 0 Å². The summed E-state index contributed by atoms with van der Waals surface area (Å²) < 4.78 is 3.07. The van der Waals surface area contributed by atoms with Crippen molar-refractivity contribution in [3.05, 3.63) is 15.0 Å². The molecule has 0 aliphatic carbocycles. The molecular formula is C4H5GeIS. The van der Waals surface area contributed by atoms with Gasteiger partial charge < -0.3 is 0 Å². The van der Waals surface area contributed by atoms with Crippen molar-refractivity contribution in [1.29, 1.82) is 0 Å². The first kappa shape index (κ1) is 6.10. The number of hydrogen-bond acceptors (Lipinski definition) is 1. The molecule has 0 spiro atoms. The fraction of sp³-hybridized carbons (Fsp3) is 0. The van der Waals surface area contributed by atoms with Crippen LogP contribution in [0.3, 0.4) is 0 Å². The van der Waals surface area contributed by atoms with Gasteiger partial charge in [-0.05, 0) is 0 Å². The number of thiophene rings is 1. The number of hydrogen-bond donors (Lipinski definition) is 0. The molecule has 0 radical (unpaired) electrons. The van der Waals surface area contributed by atoms with Gasteiger partial charge in [0.25, 0.3) is 0 Å². The second-order valence-corrected chi connectivity index (χ2v) is 7.23. The Bertz CT molecular complexity index is 144. The van der Waals surface area contributed by atoms with E-state index in [4.69, 9.17) is 0 Å². The predicted octanol–water partition coefficient (Wildman–Crippen LogP) is 0.343. The molecule has 3 heteroatoms. The first-order chi connectivity index (χ1) is 3.30. The van der Waals surface area contributed by atoms with Gasteiger partial charge in [0.05, 0.1) is 0 Å². The third-order valence-corrected chi connectivity index (χ3v) is 7.92. The molecular weight excluding hydrogens is 280 g/mol. The maximum absolute atomic E-state index is 2.38. The Morgan fingerprint density at radius 3 is 2.57 bits per heavy atom. The molecule has 0 amide bonds. The molecule has 38 valence electrons. The number of halogens is 1. The van der Waals surface area contributed by atoms with E-state index in [0.29, 0.717) is 0 Å². The van der Waals surface area contributed by atoms with Crippen molar-refractivity contribution in [1.82, 2.24) is 0 Å². The summed E-state index contributed by atoms with van der Waals surface area (Å²) in [5.74, 6) is 0. The normalized spacial score (nSPS) is 9.86. The van der Waals surface area contributed by atoms with E-state index in [2.05, 4.69) is 34.0 Å². The standard InChI is InChI=1S/C4H5GeIS/c5-4-3(6)1-2-7-4/h1-2H,5H3. The van der Waals surface area contributed by atoms with Crippen LogP contribution >= 0.6 is 33.9 Å². The Morgan fingerprint density at radius 2 is 2.43 bits per heavy atom. The summed E-state index contributed by atoms with van der Waals surface area (Å²) >= 11 is 5.14. The molecule has 0 fully saturated rings. The molecule has 0 aromatic carbocycles. The molecule has 0 saturated carbocycles. The van der Waals surface area contributed by atoms with Crippen LogP contribution in [-0.2, 0) is 0 Å². The zero-order valence-corrected chi connectivity index (χ0v) is 11.1. The molecule has 0 N–H and O–H groups in total. The van der Waals surface area contributed by atoms with E-state index >= 15 is 0 Å². The second-order valence-electron chi connectivity index (χ2n) is 1.32. The molecule has 0 nitrogen and oxygen atoms in total. The van der Waals surface area contributed by atoms with Gasteiger partial charge in [-0.15, -0.1) is 0 Å². The van der Waals surface area contributed by atoms with Crippen molar-refractivity contribution < 1.29 is 0 Å². The molecule has 0 saturated heterocycles. The Kier molecular flexibility index (Phi) is 2.18. The van der Waals surface area contributed by atoms with E-state index < -0.39 is 0 Å². The Hall–Kier alpha value is 0.973. The summed E-state index contributed by atoms with van der Waals surface area (Å²) in [5, 5.41) is 2.16. The summed E-state index contributed by atoms with van der Waals surface area (Å²) in [7, 11) is 0. The fourth-order valence-electron chi connectivity index (χ4n) is 0.369. The van der Waals surface area contributed by atoms with Gasteiger partial charge >= 0.3 is 69.2 Å². The molecule has 1 aromatic heterocycles. The van der Waals surface area contributed by atoms with Crippen LogP contribution in [0.1, 0.15) is 0 Å². The summed E-state index contributed by atoms with van der Waals surface area (Å²) in [4.78, 5) is 0. The van der Waals surface area contributed by atoms with Crippen LogP contribution in [0.25, 0.3) is 0 Å². The van der Waals surface area contributed by atoms with Crippen molar-refractivity contribution in [2.45, 2.75) is 0 Å². The summed E-state index contributed by atoms with van der Waals surface area (Å²) in [6.45, 7) is 0. The summed E-state index contributed by atoms with van der Waals surface area (Å²) in [6.07, 6.45) is 0. The van der Waals surface area contributed by atoms with Crippen LogP contribution in [0.4, 0.5) is 0 Å². The topological polar surface area (TPSA) is 0 Å². The van der Waals surface area contributed by atoms with Gasteiger partial charge in [-0.25, -0.2) is 0 Å². The van der Waals surface area contributed by atoms with Gasteiger partial charge in [0.2, 0.25) is 0 Å². The Balaban J connectivity index is 3.12. The minimum atomic E-state index is 0.887. The van der Waals surface area contributed by atoms with Gasteiger partial charge in [0, 0.05) is 0 Å². The molecule has 0 bridgehead atoms. The molecule has 1 heterocycles. The van der Waals surface area contributed by atoms with E-state index in [1.165, 1.54) is 3.57 Å². The van der Waals surface area contributed by atoms with Crippen LogP contribution < -0.4 is 3.71 Å². The third kappa shape index (κ3) is 1.43. The maximum atomic E-state index is 2.38. The monoisotopic (exact) mass is 286 g/mol. The average molecular weight is 285 g/mol. The summed E-state index contributed by atoms with van der Waals surface area (Å²) in [6, 6.07) is 2.17. The van der Waals surface area contributed by atoms with Gasteiger partial charge in [-0.2, -0.15) is 0 Å². The van der Waals surface area contributed by atoms with Gasteiger partial charge in [-0.3, -0.25) is 0 Å². The van der Waals surface area contributed by atoms with Crippen molar-refractivity contribution in [3.63, 3.8) is 0 Å². The Labute approximate surface area is 68.7 Å². The molecule has 0 aliphatic rings. The van der Waals surface area contributed by atoms with Gasteiger partial charge in [0.15, 0.2) is 0 Å². The van der Waals surface area contributed by atoms with Crippen LogP contribution in [0.15, 0.2) is 11.4 Å². The van der Waals surface area contributed by atoms with E-state index in [-0.39, 0.29) is 0 Å². The van der Waals surface area contributed by atoms with E-state index in [1.54, 1.807) is 3.71 Å². The van der Waals surface area contributed by atoms with Crippen LogP contribution in [0, 0.1) is 3.57 Å². The van der Waals surface area contributed by atoms with Crippen LogP contribution in [0.5, 0.6) is 0 Å². The fourth-order valence-corrected chi connectivity index (χ4v) is 2.97. The minimum absolute atomic E-state index is 0.887. The molecule has 0 aliphatic heterocycles. The van der Waals surface area contributed by atoms with Gasteiger partial charge in [-0.1, -0.05) is 0 Å². The van der Waals surface area contributed by atoms with Crippen LogP contribution in [0.2, 0.25) is 0 Å². The van der Waals surface area contributed by atoms with Gasteiger partial charge in [0.1, 0.15) is 0 Å². The quantitative estimate of drug-likeness (QED) is 0.476.